The van der Waals surface area contributed by atoms with Crippen molar-refractivity contribution in [3.05, 3.63) is 63.8 Å². The van der Waals surface area contributed by atoms with Crippen molar-refractivity contribution < 1.29 is 23.8 Å². The van der Waals surface area contributed by atoms with E-state index in [0.29, 0.717) is 22.4 Å². The molecule has 0 unspecified atom stereocenters. The average molecular weight is 507 g/mol. The van der Waals surface area contributed by atoms with Gasteiger partial charge < -0.3 is 24.1 Å². The van der Waals surface area contributed by atoms with E-state index in [1.54, 1.807) is 25.1 Å². The molecule has 0 fully saturated rings. The molecule has 1 amide bonds. The Morgan fingerprint density at radius 3 is 2.53 bits per heavy atom. The van der Waals surface area contributed by atoms with Crippen LogP contribution in [0, 0.1) is 0 Å². The summed E-state index contributed by atoms with van der Waals surface area (Å²) in [6, 6.07) is 12.6. The number of carbonyl (C=O) groups excluding carboxylic acids is 2. The lowest BCUT2D eigenvalue weighted by Crippen LogP contribution is -2.35. The molecule has 34 heavy (non-hydrogen) atoms. The van der Waals surface area contributed by atoms with E-state index in [4.69, 9.17) is 37.4 Å². The van der Waals surface area contributed by atoms with Crippen molar-refractivity contribution in [1.29, 1.82) is 0 Å². The molecule has 0 bridgehead atoms. The van der Waals surface area contributed by atoms with E-state index >= 15 is 0 Å². The number of hydrogen-bond acceptors (Lipinski definition) is 5. The number of halogens is 2. The number of hydrogen-bond donors (Lipinski definition) is 1. The smallest absolute Gasteiger partial charge is 0.410 e. The molecule has 0 saturated carbocycles. The summed E-state index contributed by atoms with van der Waals surface area (Å²) in [4.78, 5) is 29.8. The van der Waals surface area contributed by atoms with Gasteiger partial charge in [0.05, 0.1) is 29.8 Å². The molecular weight excluding hydrogens is 479 g/mol. The highest BCUT2D eigenvalue weighted by atomic mass is 35.5. The second-order valence-corrected chi connectivity index (χ2v) is 8.40. The summed E-state index contributed by atoms with van der Waals surface area (Å²) in [7, 11) is 0. The van der Waals surface area contributed by atoms with Gasteiger partial charge in [0.2, 0.25) is 0 Å². The highest BCUT2D eigenvalue weighted by Gasteiger charge is 2.22. The number of para-hydroxylation sites is 1. The minimum absolute atomic E-state index is 0.137. The number of H-pyrrole nitrogens is 1. The third-order valence-electron chi connectivity index (χ3n) is 5.08. The summed E-state index contributed by atoms with van der Waals surface area (Å²) in [5.41, 5.74) is 1.80. The zero-order valence-corrected chi connectivity index (χ0v) is 20.7. The minimum Gasteiger partial charge on any atom is -0.489 e. The maximum Gasteiger partial charge on any atom is 0.410 e. The quantitative estimate of drug-likeness (QED) is 0.238. The van der Waals surface area contributed by atoms with E-state index in [1.165, 1.54) is 4.90 Å². The fourth-order valence-electron chi connectivity index (χ4n) is 3.36. The van der Waals surface area contributed by atoms with Crippen LogP contribution in [0.25, 0.3) is 10.9 Å². The van der Waals surface area contributed by atoms with Crippen LogP contribution in [0.15, 0.2) is 42.5 Å². The monoisotopic (exact) mass is 506 g/mol. The summed E-state index contributed by atoms with van der Waals surface area (Å²) < 4.78 is 16.6. The molecule has 0 spiro atoms. The summed E-state index contributed by atoms with van der Waals surface area (Å²) in [6.07, 6.45) is 1.24. The van der Waals surface area contributed by atoms with Crippen LogP contribution in [-0.2, 0) is 16.0 Å². The molecule has 0 radical (unpaired) electrons. The van der Waals surface area contributed by atoms with Gasteiger partial charge in [0, 0.05) is 17.4 Å². The van der Waals surface area contributed by atoms with E-state index < -0.39 is 12.1 Å². The van der Waals surface area contributed by atoms with Gasteiger partial charge in [0.1, 0.15) is 6.61 Å². The number of unbranched alkanes of at least 4 members (excludes halogenated alkanes) is 1. The molecule has 182 valence electrons. The Morgan fingerprint density at radius 1 is 1.00 bits per heavy atom. The summed E-state index contributed by atoms with van der Waals surface area (Å²) in [5.74, 6) is -0.108. The zero-order valence-electron chi connectivity index (χ0n) is 19.2. The normalized spacial score (nSPS) is 10.8. The Morgan fingerprint density at radius 2 is 1.79 bits per heavy atom. The second kappa shape index (κ2) is 12.5. The number of ether oxygens (including phenoxy) is 3. The molecule has 3 rings (SSSR count). The first-order valence-electron chi connectivity index (χ1n) is 11.2. The van der Waals surface area contributed by atoms with Crippen molar-refractivity contribution in [2.24, 2.45) is 0 Å². The summed E-state index contributed by atoms with van der Waals surface area (Å²) in [6.45, 7) is 4.98. The third kappa shape index (κ3) is 6.58. The lowest BCUT2D eigenvalue weighted by molar-refractivity contribution is 0.0514. The standard InChI is InChI=1S/C25H28Cl2N2O5/c1-3-5-13-34-25(31)29(16-17-10-11-19(26)20(27)15-17)12-14-33-23-18-8-6-7-9-21(18)28-22(23)24(30)32-4-2/h6-11,15,28H,3-5,12-14,16H2,1-2H3. The number of fused-ring (bicyclic) bond motifs is 1. The SMILES string of the molecule is CCCCOC(=O)N(CCOc1c(C(=O)OCC)[nH]c2ccccc12)Cc1ccc(Cl)c(Cl)c1. The van der Waals surface area contributed by atoms with E-state index in [1.807, 2.05) is 31.2 Å². The predicted molar refractivity (Wildman–Crippen MR) is 133 cm³/mol. The van der Waals surface area contributed by atoms with Crippen LogP contribution in [0.5, 0.6) is 5.75 Å². The number of aromatic amines is 1. The molecule has 0 aliphatic rings. The number of amides is 1. The average Bonchev–Trinajstić information content (AvgIpc) is 3.20. The fourth-order valence-corrected chi connectivity index (χ4v) is 3.68. The lowest BCUT2D eigenvalue weighted by atomic mass is 10.2. The van der Waals surface area contributed by atoms with E-state index in [2.05, 4.69) is 4.98 Å². The molecule has 2 aromatic carbocycles. The minimum atomic E-state index is -0.500. The Hall–Kier alpha value is -2.90. The second-order valence-electron chi connectivity index (χ2n) is 7.58. The van der Waals surface area contributed by atoms with Gasteiger partial charge in [0.15, 0.2) is 11.4 Å². The Kier molecular flexibility index (Phi) is 9.48. The fraction of sp³-hybridized carbons (Fsp3) is 0.360. The Labute approximate surface area is 208 Å². The van der Waals surface area contributed by atoms with Gasteiger partial charge in [-0.25, -0.2) is 9.59 Å². The van der Waals surface area contributed by atoms with Crippen molar-refractivity contribution in [2.75, 3.05) is 26.4 Å². The topological polar surface area (TPSA) is 80.9 Å². The zero-order chi connectivity index (χ0) is 24.5. The third-order valence-corrected chi connectivity index (χ3v) is 5.82. The summed E-state index contributed by atoms with van der Waals surface area (Å²) in [5, 5.41) is 1.61. The van der Waals surface area contributed by atoms with Gasteiger partial charge in [-0.1, -0.05) is 54.7 Å². The number of nitrogens with one attached hydrogen (secondary N) is 1. The van der Waals surface area contributed by atoms with Crippen molar-refractivity contribution in [3.63, 3.8) is 0 Å². The number of carbonyl (C=O) groups is 2. The first-order valence-corrected chi connectivity index (χ1v) is 12.0. The highest BCUT2D eigenvalue weighted by molar-refractivity contribution is 6.42. The van der Waals surface area contributed by atoms with Crippen LogP contribution < -0.4 is 4.74 Å². The highest BCUT2D eigenvalue weighted by Crippen LogP contribution is 2.31. The number of esters is 1. The van der Waals surface area contributed by atoms with Gasteiger partial charge in [-0.3, -0.25) is 0 Å². The van der Waals surface area contributed by atoms with Crippen LogP contribution in [0.3, 0.4) is 0 Å². The van der Waals surface area contributed by atoms with Crippen LogP contribution >= 0.6 is 23.2 Å². The molecule has 0 aliphatic heterocycles. The Bertz CT molecular complexity index is 1130. The van der Waals surface area contributed by atoms with Crippen molar-refractivity contribution >= 4 is 46.2 Å². The number of aromatic nitrogens is 1. The van der Waals surface area contributed by atoms with Crippen molar-refractivity contribution in [1.82, 2.24) is 9.88 Å². The van der Waals surface area contributed by atoms with Crippen LogP contribution in [0.4, 0.5) is 4.79 Å². The van der Waals surface area contributed by atoms with Gasteiger partial charge >= 0.3 is 12.1 Å². The summed E-state index contributed by atoms with van der Waals surface area (Å²) >= 11 is 12.2. The molecule has 1 aromatic heterocycles. The van der Waals surface area contributed by atoms with Crippen LogP contribution in [0.2, 0.25) is 10.0 Å². The number of nitrogens with zero attached hydrogens (tertiary/aromatic N) is 1. The molecule has 9 heteroatoms. The largest absolute Gasteiger partial charge is 0.489 e. The molecule has 1 heterocycles. The molecule has 0 saturated heterocycles. The molecule has 3 aromatic rings. The molecule has 7 nitrogen and oxygen atoms in total. The van der Waals surface area contributed by atoms with E-state index in [9.17, 15) is 9.59 Å². The predicted octanol–water partition coefficient (Wildman–Crippen LogP) is 6.47. The van der Waals surface area contributed by atoms with E-state index in [0.717, 1.165) is 29.3 Å². The first kappa shape index (κ1) is 25.7. The lowest BCUT2D eigenvalue weighted by Gasteiger charge is -2.22. The molecular formula is C25H28Cl2N2O5. The van der Waals surface area contributed by atoms with Crippen molar-refractivity contribution in [2.45, 2.75) is 33.2 Å². The van der Waals surface area contributed by atoms with Crippen LogP contribution in [-0.4, -0.2) is 48.3 Å². The number of rotatable bonds is 11. The van der Waals surface area contributed by atoms with Gasteiger partial charge in [-0.2, -0.15) is 0 Å². The molecule has 0 atom stereocenters. The first-order chi connectivity index (χ1) is 16.4. The number of benzene rings is 2. The van der Waals surface area contributed by atoms with Gasteiger partial charge in [-0.15, -0.1) is 0 Å². The maximum absolute atomic E-state index is 12.7. The Balaban J connectivity index is 1.76. The molecule has 1 N–H and O–H groups in total. The van der Waals surface area contributed by atoms with E-state index in [-0.39, 0.29) is 32.0 Å². The van der Waals surface area contributed by atoms with Gasteiger partial charge in [0.25, 0.3) is 0 Å². The maximum atomic E-state index is 12.7. The van der Waals surface area contributed by atoms with Crippen LogP contribution in [0.1, 0.15) is 42.7 Å². The van der Waals surface area contributed by atoms with Gasteiger partial charge in [-0.05, 0) is 43.2 Å². The van der Waals surface area contributed by atoms with Crippen molar-refractivity contribution in [3.8, 4) is 5.75 Å². The molecule has 0 aliphatic carbocycles.